The molecular weight excluding hydrogens is 232 g/mol. The molecule has 0 radical (unpaired) electrons. The van der Waals surface area contributed by atoms with Crippen LogP contribution in [0.5, 0.6) is 0 Å². The van der Waals surface area contributed by atoms with E-state index in [1.54, 1.807) is 4.90 Å². The minimum absolute atomic E-state index is 0.00694. The zero-order valence-corrected chi connectivity index (χ0v) is 11.5. The van der Waals surface area contributed by atoms with E-state index in [1.807, 2.05) is 20.8 Å². The topological polar surface area (TPSA) is 83.6 Å². The highest BCUT2D eigenvalue weighted by Gasteiger charge is 2.34. The SMILES string of the molecule is CC(C)(C)C(N)CC(=O)N(CCC(=O)O)C1CC1. The Morgan fingerprint density at radius 2 is 1.94 bits per heavy atom. The normalized spacial score (nSPS) is 17.3. The number of carbonyl (C=O) groups is 2. The molecule has 0 bridgehead atoms. The summed E-state index contributed by atoms with van der Waals surface area (Å²) in [5.74, 6) is -0.880. The van der Waals surface area contributed by atoms with Crippen LogP contribution in [-0.2, 0) is 9.59 Å². The van der Waals surface area contributed by atoms with Gasteiger partial charge in [-0.2, -0.15) is 0 Å². The van der Waals surface area contributed by atoms with Crippen LogP contribution in [0.15, 0.2) is 0 Å². The molecule has 1 aliphatic rings. The average Bonchev–Trinajstić information content (AvgIpc) is 3.00. The highest BCUT2D eigenvalue weighted by Crippen LogP contribution is 2.29. The molecule has 0 heterocycles. The van der Waals surface area contributed by atoms with Crippen LogP contribution in [0.25, 0.3) is 0 Å². The van der Waals surface area contributed by atoms with Crippen LogP contribution in [0.4, 0.5) is 0 Å². The molecule has 18 heavy (non-hydrogen) atoms. The summed E-state index contributed by atoms with van der Waals surface area (Å²) in [7, 11) is 0. The lowest BCUT2D eigenvalue weighted by Crippen LogP contribution is -2.43. The van der Waals surface area contributed by atoms with Gasteiger partial charge in [-0.1, -0.05) is 20.8 Å². The van der Waals surface area contributed by atoms with Gasteiger partial charge in [-0.15, -0.1) is 0 Å². The van der Waals surface area contributed by atoms with Crippen molar-refractivity contribution in [1.82, 2.24) is 4.90 Å². The van der Waals surface area contributed by atoms with Gasteiger partial charge in [0, 0.05) is 25.0 Å². The van der Waals surface area contributed by atoms with E-state index in [0.717, 1.165) is 12.8 Å². The van der Waals surface area contributed by atoms with Gasteiger partial charge in [-0.3, -0.25) is 9.59 Å². The lowest BCUT2D eigenvalue weighted by atomic mass is 9.85. The van der Waals surface area contributed by atoms with Gasteiger partial charge in [0.2, 0.25) is 5.91 Å². The summed E-state index contributed by atoms with van der Waals surface area (Å²) >= 11 is 0. The Bertz CT molecular complexity index is 319. The molecular formula is C13H24N2O3. The van der Waals surface area contributed by atoms with Crippen molar-refractivity contribution in [2.45, 2.75) is 58.5 Å². The van der Waals surface area contributed by atoms with Crippen molar-refractivity contribution in [1.29, 1.82) is 0 Å². The number of carboxylic acids is 1. The molecule has 1 amide bonds. The number of rotatable bonds is 6. The Morgan fingerprint density at radius 1 is 1.39 bits per heavy atom. The van der Waals surface area contributed by atoms with Gasteiger partial charge in [0.15, 0.2) is 0 Å². The molecule has 1 unspecified atom stereocenters. The Labute approximate surface area is 108 Å². The summed E-state index contributed by atoms with van der Waals surface area (Å²) in [4.78, 5) is 24.4. The van der Waals surface area contributed by atoms with Crippen LogP contribution in [0.1, 0.15) is 46.5 Å². The standard InChI is InChI=1S/C13H24N2O3/c1-13(2,3)10(14)8-11(16)15(9-4-5-9)7-6-12(17)18/h9-10H,4-8,14H2,1-3H3,(H,17,18). The maximum Gasteiger partial charge on any atom is 0.305 e. The molecule has 3 N–H and O–H groups in total. The van der Waals surface area contributed by atoms with Crippen LogP contribution in [0.2, 0.25) is 0 Å². The minimum Gasteiger partial charge on any atom is -0.481 e. The number of carbonyl (C=O) groups excluding carboxylic acids is 1. The second kappa shape index (κ2) is 5.69. The van der Waals surface area contributed by atoms with Crippen LogP contribution >= 0.6 is 0 Å². The highest BCUT2D eigenvalue weighted by atomic mass is 16.4. The zero-order chi connectivity index (χ0) is 13.9. The van der Waals surface area contributed by atoms with Crippen molar-refractivity contribution < 1.29 is 14.7 Å². The predicted molar refractivity (Wildman–Crippen MR) is 69.0 cm³/mol. The van der Waals surface area contributed by atoms with E-state index in [9.17, 15) is 9.59 Å². The summed E-state index contributed by atoms with van der Waals surface area (Å²) in [6.45, 7) is 6.31. The second-order valence-corrected chi connectivity index (χ2v) is 6.14. The Hall–Kier alpha value is -1.10. The number of hydrogen-bond donors (Lipinski definition) is 2. The number of aliphatic carboxylic acids is 1. The van der Waals surface area contributed by atoms with E-state index in [4.69, 9.17) is 10.8 Å². The molecule has 5 heteroatoms. The molecule has 1 rings (SSSR count). The summed E-state index contributed by atoms with van der Waals surface area (Å²) < 4.78 is 0. The van der Waals surface area contributed by atoms with Gasteiger partial charge in [-0.25, -0.2) is 0 Å². The number of nitrogens with two attached hydrogens (primary N) is 1. The van der Waals surface area contributed by atoms with Gasteiger partial charge in [0.25, 0.3) is 0 Å². The van der Waals surface area contributed by atoms with Gasteiger partial charge in [-0.05, 0) is 18.3 Å². The Morgan fingerprint density at radius 3 is 2.33 bits per heavy atom. The summed E-state index contributed by atoms with van der Waals surface area (Å²) in [5, 5.41) is 8.69. The van der Waals surface area contributed by atoms with E-state index in [2.05, 4.69) is 0 Å². The number of carboxylic acid groups (broad SMARTS) is 1. The molecule has 1 fully saturated rings. The predicted octanol–water partition coefficient (Wildman–Crippen LogP) is 1.22. The zero-order valence-electron chi connectivity index (χ0n) is 11.5. The molecule has 0 aromatic rings. The van der Waals surface area contributed by atoms with E-state index < -0.39 is 5.97 Å². The third kappa shape index (κ3) is 4.64. The maximum absolute atomic E-state index is 12.1. The first kappa shape index (κ1) is 15.0. The average molecular weight is 256 g/mol. The van der Waals surface area contributed by atoms with Crippen molar-refractivity contribution in [3.05, 3.63) is 0 Å². The van der Waals surface area contributed by atoms with Crippen LogP contribution in [0, 0.1) is 5.41 Å². The molecule has 0 spiro atoms. The third-order valence-corrected chi connectivity index (χ3v) is 3.38. The molecule has 1 aliphatic carbocycles. The quantitative estimate of drug-likeness (QED) is 0.748. The van der Waals surface area contributed by atoms with Gasteiger partial charge in [0.1, 0.15) is 0 Å². The van der Waals surface area contributed by atoms with E-state index in [-0.39, 0.29) is 29.8 Å². The number of amides is 1. The molecule has 1 atom stereocenters. The van der Waals surface area contributed by atoms with Crippen molar-refractivity contribution >= 4 is 11.9 Å². The van der Waals surface area contributed by atoms with Gasteiger partial charge in [0.05, 0.1) is 6.42 Å². The fraction of sp³-hybridized carbons (Fsp3) is 0.846. The molecule has 0 aromatic heterocycles. The van der Waals surface area contributed by atoms with E-state index in [1.165, 1.54) is 0 Å². The monoisotopic (exact) mass is 256 g/mol. The lowest BCUT2D eigenvalue weighted by molar-refractivity contribution is -0.139. The lowest BCUT2D eigenvalue weighted by Gasteiger charge is -2.29. The number of nitrogens with zero attached hydrogens (tertiary/aromatic N) is 1. The third-order valence-electron chi connectivity index (χ3n) is 3.38. The first-order valence-electron chi connectivity index (χ1n) is 6.48. The maximum atomic E-state index is 12.1. The molecule has 5 nitrogen and oxygen atoms in total. The smallest absolute Gasteiger partial charge is 0.305 e. The van der Waals surface area contributed by atoms with Crippen molar-refractivity contribution in [2.75, 3.05) is 6.54 Å². The van der Waals surface area contributed by atoms with Crippen LogP contribution < -0.4 is 5.73 Å². The molecule has 104 valence electrons. The second-order valence-electron chi connectivity index (χ2n) is 6.14. The minimum atomic E-state index is -0.867. The largest absolute Gasteiger partial charge is 0.481 e. The number of hydrogen-bond acceptors (Lipinski definition) is 3. The van der Waals surface area contributed by atoms with Crippen molar-refractivity contribution in [2.24, 2.45) is 11.1 Å². The van der Waals surface area contributed by atoms with Gasteiger partial charge < -0.3 is 15.7 Å². The molecule has 1 saturated carbocycles. The van der Waals surface area contributed by atoms with Crippen LogP contribution in [-0.4, -0.2) is 40.5 Å². The highest BCUT2D eigenvalue weighted by molar-refractivity contribution is 5.78. The first-order chi connectivity index (χ1) is 8.21. The van der Waals surface area contributed by atoms with E-state index in [0.29, 0.717) is 13.0 Å². The Kier molecular flexibility index (Phi) is 4.73. The van der Waals surface area contributed by atoms with Crippen LogP contribution in [0.3, 0.4) is 0 Å². The summed E-state index contributed by atoms with van der Waals surface area (Å²) in [5.41, 5.74) is 5.89. The van der Waals surface area contributed by atoms with Crippen molar-refractivity contribution in [3.63, 3.8) is 0 Å². The fourth-order valence-corrected chi connectivity index (χ4v) is 1.72. The molecule has 0 aromatic carbocycles. The Balaban J connectivity index is 2.52. The van der Waals surface area contributed by atoms with Gasteiger partial charge >= 0.3 is 5.97 Å². The fourth-order valence-electron chi connectivity index (χ4n) is 1.72. The van der Waals surface area contributed by atoms with E-state index >= 15 is 0 Å². The molecule has 0 aliphatic heterocycles. The first-order valence-corrected chi connectivity index (χ1v) is 6.48. The summed E-state index contributed by atoms with van der Waals surface area (Å²) in [6, 6.07) is 0.0418. The summed E-state index contributed by atoms with van der Waals surface area (Å²) in [6.07, 6.45) is 2.26. The van der Waals surface area contributed by atoms with Crippen molar-refractivity contribution in [3.8, 4) is 0 Å². The molecule has 0 saturated heterocycles.